The van der Waals surface area contributed by atoms with E-state index in [1.807, 2.05) is 0 Å². The molecule has 3 aliphatic carbocycles. The van der Waals surface area contributed by atoms with Crippen LogP contribution in [0, 0.1) is 18.3 Å². The highest BCUT2D eigenvalue weighted by Crippen LogP contribution is 2.43. The van der Waals surface area contributed by atoms with Crippen LogP contribution in [0.3, 0.4) is 0 Å². The maximum atomic E-state index is 3.57. The minimum atomic E-state index is 0.865. The Kier molecular flexibility index (Phi) is 2.23. The molecule has 74 valence electrons. The van der Waals surface area contributed by atoms with E-state index in [0.29, 0.717) is 0 Å². The van der Waals surface area contributed by atoms with Crippen molar-refractivity contribution in [3.63, 3.8) is 0 Å². The Hall–Kier alpha value is -0.520. The molecule has 0 nitrogen and oxygen atoms in total. The zero-order valence-electron chi connectivity index (χ0n) is 8.76. The molecule has 0 heteroatoms. The second-order valence-corrected chi connectivity index (χ2v) is 4.93. The van der Waals surface area contributed by atoms with Gasteiger partial charge in [0, 0.05) is 6.42 Å². The first kappa shape index (κ1) is 8.76. The third kappa shape index (κ3) is 1.45. The fraction of sp³-hybridized carbons (Fsp3) is 0.643. The van der Waals surface area contributed by atoms with Gasteiger partial charge in [0.05, 0.1) is 0 Å². The van der Waals surface area contributed by atoms with Crippen LogP contribution in [0.25, 0.3) is 0 Å². The van der Waals surface area contributed by atoms with E-state index in [1.54, 1.807) is 11.1 Å². The second-order valence-electron chi connectivity index (χ2n) is 4.93. The predicted octanol–water partition coefficient (Wildman–Crippen LogP) is 3.92. The van der Waals surface area contributed by atoms with Crippen molar-refractivity contribution in [3.05, 3.63) is 29.7 Å². The summed E-state index contributed by atoms with van der Waals surface area (Å²) >= 11 is 0. The van der Waals surface area contributed by atoms with Crippen molar-refractivity contribution in [2.75, 3.05) is 0 Å². The smallest absolute Gasteiger partial charge is 0.0123 e. The van der Waals surface area contributed by atoms with Crippen LogP contribution in [-0.2, 0) is 0 Å². The molecule has 0 aromatic heterocycles. The number of rotatable bonds is 0. The molecule has 0 aromatic carbocycles. The van der Waals surface area contributed by atoms with E-state index in [1.165, 1.54) is 44.9 Å². The van der Waals surface area contributed by atoms with Crippen LogP contribution in [-0.4, -0.2) is 0 Å². The minimum Gasteiger partial charge on any atom is -0.0810 e. The summed E-state index contributed by atoms with van der Waals surface area (Å²) in [4.78, 5) is 0. The maximum absolute atomic E-state index is 3.57. The van der Waals surface area contributed by atoms with Crippen LogP contribution in [0.1, 0.15) is 44.9 Å². The summed E-state index contributed by atoms with van der Waals surface area (Å²) in [5.41, 5.74) is 3.18. The highest BCUT2D eigenvalue weighted by Gasteiger charge is 2.29. The van der Waals surface area contributed by atoms with Gasteiger partial charge < -0.3 is 0 Å². The van der Waals surface area contributed by atoms with Crippen molar-refractivity contribution >= 4 is 0 Å². The van der Waals surface area contributed by atoms with Gasteiger partial charge in [-0.2, -0.15) is 0 Å². The predicted molar refractivity (Wildman–Crippen MR) is 58.7 cm³/mol. The zero-order valence-corrected chi connectivity index (χ0v) is 8.76. The van der Waals surface area contributed by atoms with Gasteiger partial charge in [0.25, 0.3) is 0 Å². The molecule has 1 fully saturated rings. The lowest BCUT2D eigenvalue weighted by Crippen LogP contribution is -2.22. The molecule has 0 heterocycles. The molecule has 3 aliphatic rings. The molecule has 2 unspecified atom stereocenters. The molecule has 0 saturated heterocycles. The van der Waals surface area contributed by atoms with E-state index in [2.05, 4.69) is 18.6 Å². The van der Waals surface area contributed by atoms with Crippen molar-refractivity contribution in [2.45, 2.75) is 44.9 Å². The van der Waals surface area contributed by atoms with Crippen molar-refractivity contribution in [3.8, 4) is 0 Å². The third-order valence-electron chi connectivity index (χ3n) is 4.00. The molecule has 2 radical (unpaired) electrons. The van der Waals surface area contributed by atoms with E-state index < -0.39 is 0 Å². The van der Waals surface area contributed by atoms with Crippen molar-refractivity contribution < 1.29 is 0 Å². The molecule has 0 aliphatic heterocycles. The van der Waals surface area contributed by atoms with Crippen LogP contribution in [0.5, 0.6) is 0 Å². The number of hydrogen-bond acceptors (Lipinski definition) is 0. The van der Waals surface area contributed by atoms with Crippen LogP contribution in [0.4, 0.5) is 0 Å². The van der Waals surface area contributed by atoms with Crippen LogP contribution >= 0.6 is 0 Å². The molecule has 0 bridgehead atoms. The Labute approximate surface area is 87.1 Å². The maximum Gasteiger partial charge on any atom is 0.0123 e. The molecule has 2 atom stereocenters. The molecule has 0 amide bonds. The molecule has 3 rings (SSSR count). The van der Waals surface area contributed by atoms with Gasteiger partial charge in [-0.25, -0.2) is 0 Å². The van der Waals surface area contributed by atoms with E-state index >= 15 is 0 Å². The van der Waals surface area contributed by atoms with Gasteiger partial charge in [-0.1, -0.05) is 24.1 Å². The Morgan fingerprint density at radius 2 is 2.07 bits per heavy atom. The Balaban J connectivity index is 1.89. The molecule has 0 aromatic rings. The van der Waals surface area contributed by atoms with Gasteiger partial charge in [-0.3, -0.25) is 0 Å². The molecule has 0 spiro atoms. The Morgan fingerprint density at radius 3 is 3.07 bits per heavy atom. The summed E-state index contributed by atoms with van der Waals surface area (Å²) in [5, 5.41) is 0. The third-order valence-corrected chi connectivity index (χ3v) is 4.00. The monoisotopic (exact) mass is 186 g/mol. The SMILES string of the molecule is [C]1CCCC2CC3CCCC=C3C=C12. The van der Waals surface area contributed by atoms with Crippen molar-refractivity contribution in [1.82, 2.24) is 0 Å². The number of allylic oxidation sites excluding steroid dienone is 4. The fourth-order valence-electron chi connectivity index (χ4n) is 3.21. The molecular weight excluding hydrogens is 168 g/mol. The van der Waals surface area contributed by atoms with E-state index in [9.17, 15) is 0 Å². The lowest BCUT2D eigenvalue weighted by atomic mass is 9.69. The molecule has 0 N–H and O–H groups in total. The van der Waals surface area contributed by atoms with Gasteiger partial charge in [-0.05, 0) is 55.9 Å². The molecule has 1 saturated carbocycles. The summed E-state index contributed by atoms with van der Waals surface area (Å²) in [6.07, 6.45) is 18.1. The highest BCUT2D eigenvalue weighted by molar-refractivity contribution is 5.36. The first-order valence-electron chi connectivity index (χ1n) is 6.09. The summed E-state index contributed by atoms with van der Waals surface area (Å²) in [7, 11) is 0. The first-order valence-corrected chi connectivity index (χ1v) is 6.09. The first-order chi connectivity index (χ1) is 6.93. The topological polar surface area (TPSA) is 0 Å². The van der Waals surface area contributed by atoms with Crippen LogP contribution < -0.4 is 0 Å². The van der Waals surface area contributed by atoms with Gasteiger partial charge in [0.2, 0.25) is 0 Å². The van der Waals surface area contributed by atoms with E-state index in [4.69, 9.17) is 0 Å². The van der Waals surface area contributed by atoms with Crippen LogP contribution in [0.15, 0.2) is 23.3 Å². The van der Waals surface area contributed by atoms with Crippen LogP contribution in [0.2, 0.25) is 0 Å². The standard InChI is InChI=1S/C14H18/c1-2-6-12-10-14-8-4-3-7-13(14)9-11(12)5-1/h5,9,12,14H,1-4,6,8,10H2. The summed E-state index contributed by atoms with van der Waals surface area (Å²) in [6, 6.07) is 0. The zero-order chi connectivity index (χ0) is 9.38. The minimum absolute atomic E-state index is 0.865. The van der Waals surface area contributed by atoms with E-state index in [0.717, 1.165) is 11.8 Å². The molecular formula is C14H18. The largest absolute Gasteiger partial charge is 0.0810 e. The average molecular weight is 186 g/mol. The molecule has 14 heavy (non-hydrogen) atoms. The Bertz CT molecular complexity index is 282. The number of hydrogen-bond donors (Lipinski definition) is 0. The van der Waals surface area contributed by atoms with Gasteiger partial charge in [0.15, 0.2) is 0 Å². The summed E-state index contributed by atoms with van der Waals surface area (Å²) < 4.78 is 0. The second kappa shape index (κ2) is 3.56. The number of fused-ring (bicyclic) bond motifs is 2. The lowest BCUT2D eigenvalue weighted by molar-refractivity contribution is 0.361. The Morgan fingerprint density at radius 1 is 1.14 bits per heavy atom. The van der Waals surface area contributed by atoms with Gasteiger partial charge in [0.1, 0.15) is 0 Å². The fourth-order valence-corrected chi connectivity index (χ4v) is 3.21. The van der Waals surface area contributed by atoms with E-state index in [-0.39, 0.29) is 0 Å². The summed E-state index contributed by atoms with van der Waals surface area (Å²) in [6.45, 7) is 0. The lowest BCUT2D eigenvalue weighted by Gasteiger charge is -2.36. The highest BCUT2D eigenvalue weighted by atomic mass is 14.3. The average Bonchev–Trinajstić information content (AvgIpc) is 2.26. The van der Waals surface area contributed by atoms with Crippen molar-refractivity contribution in [2.24, 2.45) is 11.8 Å². The van der Waals surface area contributed by atoms with Gasteiger partial charge >= 0.3 is 0 Å². The quantitative estimate of drug-likeness (QED) is 0.538. The van der Waals surface area contributed by atoms with Gasteiger partial charge in [-0.15, -0.1) is 0 Å². The van der Waals surface area contributed by atoms with Crippen molar-refractivity contribution in [1.29, 1.82) is 0 Å². The summed E-state index contributed by atoms with van der Waals surface area (Å²) in [5.74, 6) is 1.77. The normalized spacial score (nSPS) is 36.6.